The van der Waals surface area contributed by atoms with Crippen LogP contribution in [0.15, 0.2) is 53.3 Å². The van der Waals surface area contributed by atoms with Crippen molar-refractivity contribution < 1.29 is 9.18 Å². The van der Waals surface area contributed by atoms with Gasteiger partial charge in [0.2, 0.25) is 0 Å². The minimum absolute atomic E-state index is 0.0227. The molecule has 0 unspecified atom stereocenters. The summed E-state index contributed by atoms with van der Waals surface area (Å²) in [5.41, 5.74) is 0.157. The molecule has 0 aliphatic carbocycles. The number of hydrogen-bond donors (Lipinski definition) is 1. The van der Waals surface area contributed by atoms with Crippen molar-refractivity contribution in [1.82, 2.24) is 9.97 Å². The molecule has 2 aromatic carbocycles. The second-order valence-corrected chi connectivity index (χ2v) is 4.90. The molecule has 0 fully saturated rings. The Morgan fingerprint density at radius 3 is 2.57 bits per heavy atom. The molecule has 0 amide bonds. The van der Waals surface area contributed by atoms with E-state index in [0.717, 1.165) is 12.1 Å². The van der Waals surface area contributed by atoms with Crippen LogP contribution >= 0.6 is 0 Å². The maximum Gasteiger partial charge on any atom is 0.258 e. The van der Waals surface area contributed by atoms with Crippen molar-refractivity contribution in [3.05, 3.63) is 76.1 Å². The molecular weight excluding hydrogens is 297 g/mol. The van der Waals surface area contributed by atoms with Gasteiger partial charge in [-0.15, -0.1) is 0 Å². The number of nitrogens with zero attached hydrogens (tertiary/aromatic N) is 2. The smallest absolute Gasteiger partial charge is 0.258 e. The van der Waals surface area contributed by atoms with Gasteiger partial charge < -0.3 is 4.98 Å². The quantitative estimate of drug-likeness (QED) is 0.753. The molecular formula is C17H10FN3O2. The van der Waals surface area contributed by atoms with E-state index in [1.807, 2.05) is 6.07 Å². The van der Waals surface area contributed by atoms with Crippen molar-refractivity contribution in [2.75, 3.05) is 0 Å². The van der Waals surface area contributed by atoms with Crippen LogP contribution in [0.4, 0.5) is 4.39 Å². The molecule has 1 atom stereocenters. The summed E-state index contributed by atoms with van der Waals surface area (Å²) in [5.74, 6) is -2.32. The Morgan fingerprint density at radius 1 is 1.17 bits per heavy atom. The van der Waals surface area contributed by atoms with Crippen LogP contribution in [0.1, 0.15) is 22.1 Å². The molecule has 0 aliphatic rings. The number of fused-ring (bicyclic) bond motifs is 1. The lowest BCUT2D eigenvalue weighted by atomic mass is 9.98. The zero-order valence-electron chi connectivity index (χ0n) is 11.8. The number of para-hydroxylation sites is 1. The van der Waals surface area contributed by atoms with Gasteiger partial charge in [-0.05, 0) is 36.4 Å². The van der Waals surface area contributed by atoms with Gasteiger partial charge in [-0.1, -0.05) is 12.1 Å². The fourth-order valence-corrected chi connectivity index (χ4v) is 2.27. The van der Waals surface area contributed by atoms with E-state index in [1.54, 1.807) is 24.3 Å². The highest BCUT2D eigenvalue weighted by Gasteiger charge is 2.24. The molecule has 1 heterocycles. The fraction of sp³-hybridized carbons (Fsp3) is 0.0588. The molecule has 6 heteroatoms. The zero-order valence-corrected chi connectivity index (χ0v) is 11.8. The number of carbonyl (C=O) groups is 1. The normalized spacial score (nSPS) is 11.8. The number of nitriles is 1. The molecule has 0 saturated heterocycles. The number of H-pyrrole nitrogens is 1. The van der Waals surface area contributed by atoms with Crippen LogP contribution in [0.5, 0.6) is 0 Å². The monoisotopic (exact) mass is 307 g/mol. The van der Waals surface area contributed by atoms with Gasteiger partial charge >= 0.3 is 0 Å². The van der Waals surface area contributed by atoms with Gasteiger partial charge in [0.05, 0.1) is 17.0 Å². The highest BCUT2D eigenvalue weighted by molar-refractivity contribution is 6.02. The highest BCUT2D eigenvalue weighted by atomic mass is 19.1. The first-order chi connectivity index (χ1) is 11.1. The third-order valence-electron chi connectivity index (χ3n) is 3.42. The van der Waals surface area contributed by atoms with Crippen molar-refractivity contribution in [2.24, 2.45) is 0 Å². The molecule has 0 spiro atoms. The number of benzene rings is 2. The molecule has 0 saturated carbocycles. The summed E-state index contributed by atoms with van der Waals surface area (Å²) in [7, 11) is 0. The van der Waals surface area contributed by atoms with Crippen molar-refractivity contribution in [2.45, 2.75) is 5.92 Å². The molecule has 3 rings (SSSR count). The first-order valence-corrected chi connectivity index (χ1v) is 6.78. The van der Waals surface area contributed by atoms with Crippen LogP contribution in [0, 0.1) is 17.1 Å². The van der Waals surface area contributed by atoms with Crippen molar-refractivity contribution in [3.63, 3.8) is 0 Å². The number of nitrogens with one attached hydrogen (secondary N) is 1. The van der Waals surface area contributed by atoms with Gasteiger partial charge in [-0.25, -0.2) is 9.37 Å². The maximum absolute atomic E-state index is 12.9. The number of aromatic nitrogens is 2. The lowest BCUT2D eigenvalue weighted by Crippen LogP contribution is -2.19. The molecule has 0 aliphatic heterocycles. The zero-order chi connectivity index (χ0) is 16.4. The molecule has 0 radical (unpaired) electrons. The first-order valence-electron chi connectivity index (χ1n) is 6.78. The average molecular weight is 307 g/mol. The van der Waals surface area contributed by atoms with Gasteiger partial charge in [-0.3, -0.25) is 9.59 Å². The van der Waals surface area contributed by atoms with Gasteiger partial charge in [0, 0.05) is 5.56 Å². The maximum atomic E-state index is 12.9. The third kappa shape index (κ3) is 2.72. The Kier molecular flexibility index (Phi) is 3.69. The predicted octanol–water partition coefficient (Wildman–Crippen LogP) is 2.55. The summed E-state index contributed by atoms with van der Waals surface area (Å²) in [4.78, 5) is 31.2. The summed E-state index contributed by atoms with van der Waals surface area (Å²) in [6.45, 7) is 0. The predicted molar refractivity (Wildman–Crippen MR) is 81.4 cm³/mol. The third-order valence-corrected chi connectivity index (χ3v) is 3.42. The van der Waals surface area contributed by atoms with Crippen LogP contribution < -0.4 is 5.56 Å². The molecule has 5 nitrogen and oxygen atoms in total. The topological polar surface area (TPSA) is 86.6 Å². The molecule has 3 aromatic rings. The minimum atomic E-state index is -1.27. The summed E-state index contributed by atoms with van der Waals surface area (Å²) in [5, 5.41) is 9.70. The second-order valence-electron chi connectivity index (χ2n) is 4.90. The van der Waals surface area contributed by atoms with Gasteiger partial charge in [0.25, 0.3) is 5.56 Å². The fourth-order valence-electron chi connectivity index (χ4n) is 2.27. The van der Waals surface area contributed by atoms with Gasteiger partial charge in [0.15, 0.2) is 11.7 Å². The number of ketones is 1. The lowest BCUT2D eigenvalue weighted by Gasteiger charge is -2.08. The van der Waals surface area contributed by atoms with Crippen LogP contribution in [0.3, 0.4) is 0 Å². The molecule has 112 valence electrons. The van der Waals surface area contributed by atoms with Crippen LogP contribution in [0.2, 0.25) is 0 Å². The van der Waals surface area contributed by atoms with Crippen molar-refractivity contribution in [3.8, 4) is 6.07 Å². The van der Waals surface area contributed by atoms with Crippen LogP contribution in [-0.4, -0.2) is 15.8 Å². The Labute approximate surface area is 130 Å². The van der Waals surface area contributed by atoms with E-state index in [1.165, 1.54) is 12.1 Å². The Morgan fingerprint density at radius 2 is 1.87 bits per heavy atom. The standard InChI is InChI=1S/C17H10FN3O2/c18-11-7-5-10(6-8-11)15(22)13(9-19)16-20-14-4-2-1-3-12(14)17(23)21-16/h1-8,13H,(H,20,21,23)/t13-/m1/s1. The van der Waals surface area contributed by atoms with Gasteiger partial charge in [0.1, 0.15) is 11.6 Å². The highest BCUT2D eigenvalue weighted by Crippen LogP contribution is 2.18. The Hall–Kier alpha value is -3.33. The lowest BCUT2D eigenvalue weighted by molar-refractivity contribution is 0.0976. The largest absolute Gasteiger partial charge is 0.308 e. The summed E-state index contributed by atoms with van der Waals surface area (Å²) >= 11 is 0. The minimum Gasteiger partial charge on any atom is -0.308 e. The van der Waals surface area contributed by atoms with E-state index in [4.69, 9.17) is 0 Å². The number of aromatic amines is 1. The van der Waals surface area contributed by atoms with Crippen molar-refractivity contribution >= 4 is 16.7 Å². The molecule has 23 heavy (non-hydrogen) atoms. The van der Waals surface area contributed by atoms with E-state index in [9.17, 15) is 19.2 Å². The van der Waals surface area contributed by atoms with Crippen LogP contribution in [0.25, 0.3) is 10.9 Å². The molecule has 0 bridgehead atoms. The Balaban J connectivity index is 2.08. The number of carbonyl (C=O) groups excluding carboxylic acids is 1. The first kappa shape index (κ1) is 14.6. The number of Topliss-reactive ketones (excluding diaryl/α,β-unsaturated/α-hetero) is 1. The van der Waals surface area contributed by atoms with Gasteiger partial charge in [-0.2, -0.15) is 5.26 Å². The summed E-state index contributed by atoms with van der Waals surface area (Å²) < 4.78 is 12.9. The SMILES string of the molecule is N#C[C@H](C(=O)c1ccc(F)cc1)c1nc2ccccc2c(=O)[nH]1. The van der Waals surface area contributed by atoms with E-state index >= 15 is 0 Å². The van der Waals surface area contributed by atoms with E-state index < -0.39 is 23.1 Å². The molecule has 1 N–H and O–H groups in total. The Bertz CT molecular complexity index is 987. The number of rotatable bonds is 3. The average Bonchev–Trinajstić information content (AvgIpc) is 2.56. The van der Waals surface area contributed by atoms with E-state index in [0.29, 0.717) is 10.9 Å². The van der Waals surface area contributed by atoms with Crippen LogP contribution in [-0.2, 0) is 0 Å². The van der Waals surface area contributed by atoms with E-state index in [2.05, 4.69) is 9.97 Å². The number of halogens is 1. The molecule has 1 aromatic heterocycles. The van der Waals surface area contributed by atoms with Crippen molar-refractivity contribution in [1.29, 1.82) is 5.26 Å². The number of hydrogen-bond acceptors (Lipinski definition) is 4. The summed E-state index contributed by atoms with van der Waals surface area (Å²) in [6, 6.07) is 13.4. The van der Waals surface area contributed by atoms with E-state index in [-0.39, 0.29) is 11.4 Å². The second kappa shape index (κ2) is 5.81. The summed E-state index contributed by atoms with van der Waals surface area (Å²) in [6.07, 6.45) is 0.